The van der Waals surface area contributed by atoms with E-state index in [-0.39, 0.29) is 41.5 Å². The van der Waals surface area contributed by atoms with Crippen LogP contribution in [0, 0.1) is 5.82 Å². The van der Waals surface area contributed by atoms with Crippen molar-refractivity contribution in [2.75, 3.05) is 26.7 Å². The maximum atomic E-state index is 13.2. The zero-order valence-corrected chi connectivity index (χ0v) is 17.8. The van der Waals surface area contributed by atoms with E-state index in [1.54, 1.807) is 25.2 Å². The number of aromatic nitrogens is 1. The van der Waals surface area contributed by atoms with Crippen LogP contribution in [-0.4, -0.2) is 43.5 Å². The van der Waals surface area contributed by atoms with Crippen molar-refractivity contribution < 1.29 is 13.6 Å². The van der Waals surface area contributed by atoms with Gasteiger partial charge in [0.05, 0.1) is 6.26 Å². The Morgan fingerprint density at radius 1 is 1.18 bits per heavy atom. The molecule has 0 saturated carbocycles. The maximum absolute atomic E-state index is 13.2. The second-order valence-corrected chi connectivity index (χ2v) is 5.91. The molecule has 2 aromatic heterocycles. The van der Waals surface area contributed by atoms with Gasteiger partial charge in [-0.1, -0.05) is 0 Å². The number of amides is 1. The van der Waals surface area contributed by atoms with Gasteiger partial charge in [0, 0.05) is 43.8 Å². The number of rotatable bonds is 7. The van der Waals surface area contributed by atoms with Gasteiger partial charge in [0.25, 0.3) is 5.91 Å². The number of guanidine groups is 1. The van der Waals surface area contributed by atoms with Gasteiger partial charge in [0.15, 0.2) is 11.7 Å². The Kier molecular flexibility index (Phi) is 8.30. The fraction of sp³-hybridized carbons (Fsp3) is 0.263. The molecule has 0 unspecified atom stereocenters. The van der Waals surface area contributed by atoms with Gasteiger partial charge in [-0.25, -0.2) is 4.39 Å². The van der Waals surface area contributed by atoms with E-state index in [1.165, 1.54) is 18.4 Å². The SMILES string of the molecule is CN=C(NCCNC(=O)c1ccco1)NCCc1c[nH]c2cc(F)ccc12.I. The second kappa shape index (κ2) is 10.7. The molecule has 0 aliphatic heterocycles. The molecule has 2 heterocycles. The van der Waals surface area contributed by atoms with E-state index < -0.39 is 0 Å². The van der Waals surface area contributed by atoms with E-state index in [2.05, 4.69) is 25.9 Å². The van der Waals surface area contributed by atoms with Crippen LogP contribution >= 0.6 is 24.0 Å². The predicted molar refractivity (Wildman–Crippen MR) is 118 cm³/mol. The molecule has 7 nitrogen and oxygen atoms in total. The highest BCUT2D eigenvalue weighted by atomic mass is 127. The number of nitrogens with one attached hydrogen (secondary N) is 4. The van der Waals surface area contributed by atoms with Gasteiger partial charge in [-0.3, -0.25) is 9.79 Å². The Labute approximate surface area is 179 Å². The lowest BCUT2D eigenvalue weighted by Crippen LogP contribution is -2.42. The summed E-state index contributed by atoms with van der Waals surface area (Å²) in [6.45, 7) is 1.63. The van der Waals surface area contributed by atoms with Gasteiger partial charge in [-0.2, -0.15) is 0 Å². The molecule has 0 aliphatic carbocycles. The van der Waals surface area contributed by atoms with E-state index in [4.69, 9.17) is 4.42 Å². The normalized spacial score (nSPS) is 11.1. The monoisotopic (exact) mass is 499 g/mol. The minimum absolute atomic E-state index is 0. The molecule has 9 heteroatoms. The summed E-state index contributed by atoms with van der Waals surface area (Å²) in [5.41, 5.74) is 1.90. The zero-order valence-electron chi connectivity index (χ0n) is 15.4. The first-order valence-electron chi connectivity index (χ1n) is 8.69. The van der Waals surface area contributed by atoms with Crippen molar-refractivity contribution in [2.45, 2.75) is 6.42 Å². The van der Waals surface area contributed by atoms with Crippen molar-refractivity contribution in [3.8, 4) is 0 Å². The average Bonchev–Trinajstić information content (AvgIpc) is 3.33. The summed E-state index contributed by atoms with van der Waals surface area (Å²) in [5.74, 6) is 0.433. The number of nitrogens with zero attached hydrogens (tertiary/aromatic N) is 1. The van der Waals surface area contributed by atoms with Crippen LogP contribution in [0.1, 0.15) is 16.1 Å². The maximum Gasteiger partial charge on any atom is 0.287 e. The topological polar surface area (TPSA) is 94.4 Å². The van der Waals surface area contributed by atoms with E-state index in [9.17, 15) is 9.18 Å². The number of H-pyrrole nitrogens is 1. The van der Waals surface area contributed by atoms with Crippen molar-refractivity contribution in [1.29, 1.82) is 0 Å². The van der Waals surface area contributed by atoms with Gasteiger partial charge in [-0.15, -0.1) is 24.0 Å². The van der Waals surface area contributed by atoms with Gasteiger partial charge in [-0.05, 0) is 42.3 Å². The number of hydrogen-bond acceptors (Lipinski definition) is 3. The largest absolute Gasteiger partial charge is 0.459 e. The Bertz CT molecular complexity index is 924. The van der Waals surface area contributed by atoms with Crippen LogP contribution < -0.4 is 16.0 Å². The number of benzene rings is 1. The molecule has 150 valence electrons. The third-order valence-electron chi connectivity index (χ3n) is 4.09. The molecule has 1 aromatic carbocycles. The van der Waals surface area contributed by atoms with Crippen molar-refractivity contribution >= 4 is 46.7 Å². The highest BCUT2D eigenvalue weighted by molar-refractivity contribution is 14.0. The van der Waals surface area contributed by atoms with Crippen LogP contribution in [0.15, 0.2) is 52.2 Å². The molecule has 0 radical (unpaired) electrons. The van der Waals surface area contributed by atoms with Gasteiger partial charge < -0.3 is 25.4 Å². The molecule has 0 saturated heterocycles. The zero-order chi connectivity index (χ0) is 19.1. The van der Waals surface area contributed by atoms with Gasteiger partial charge >= 0.3 is 0 Å². The summed E-state index contributed by atoms with van der Waals surface area (Å²) < 4.78 is 18.3. The fourth-order valence-electron chi connectivity index (χ4n) is 2.75. The molecule has 0 fully saturated rings. The number of aromatic amines is 1. The molecular formula is C19H23FIN5O2. The third kappa shape index (κ3) is 5.72. The van der Waals surface area contributed by atoms with Crippen LogP contribution in [0.25, 0.3) is 10.9 Å². The molecule has 0 spiro atoms. The second-order valence-electron chi connectivity index (χ2n) is 5.91. The number of furan rings is 1. The highest BCUT2D eigenvalue weighted by Crippen LogP contribution is 2.19. The molecule has 1 amide bonds. The Morgan fingerprint density at radius 3 is 2.71 bits per heavy atom. The fourth-order valence-corrected chi connectivity index (χ4v) is 2.75. The number of hydrogen-bond donors (Lipinski definition) is 4. The van der Waals surface area contributed by atoms with Gasteiger partial charge in [0.2, 0.25) is 0 Å². The molecule has 3 rings (SSSR count). The standard InChI is InChI=1S/C19H22FN5O2.HI/c1-21-19(24-9-8-22-18(26)17-3-2-10-27-17)23-7-6-13-12-25-16-11-14(20)4-5-15(13)16;/h2-5,10-12,25H,6-9H2,1H3,(H,22,26)(H2,21,23,24);1H. The molecule has 0 atom stereocenters. The van der Waals surface area contributed by atoms with Crippen LogP contribution in [0.2, 0.25) is 0 Å². The first-order chi connectivity index (χ1) is 13.2. The van der Waals surface area contributed by atoms with E-state index in [1.807, 2.05) is 6.20 Å². The summed E-state index contributed by atoms with van der Waals surface area (Å²) in [5, 5.41) is 10.1. The first-order valence-corrected chi connectivity index (χ1v) is 8.69. The molecule has 28 heavy (non-hydrogen) atoms. The van der Waals surface area contributed by atoms with Crippen LogP contribution in [0.3, 0.4) is 0 Å². The molecule has 3 aromatic rings. The molecule has 0 bridgehead atoms. The Balaban J connectivity index is 0.00000280. The molecule has 0 aliphatic rings. The van der Waals surface area contributed by atoms with E-state index in [0.717, 1.165) is 22.9 Å². The smallest absolute Gasteiger partial charge is 0.287 e. The number of aliphatic imine (C=N–C) groups is 1. The number of fused-ring (bicyclic) bond motifs is 1. The quantitative estimate of drug-likeness (QED) is 0.174. The Hall–Kier alpha value is -2.56. The molecular weight excluding hydrogens is 476 g/mol. The van der Waals surface area contributed by atoms with Gasteiger partial charge in [0.1, 0.15) is 5.82 Å². The minimum Gasteiger partial charge on any atom is -0.459 e. The highest BCUT2D eigenvalue weighted by Gasteiger charge is 2.07. The average molecular weight is 499 g/mol. The van der Waals surface area contributed by atoms with Crippen molar-refractivity contribution in [1.82, 2.24) is 20.9 Å². The number of halogens is 2. The lowest BCUT2D eigenvalue weighted by molar-refractivity contribution is 0.0926. The number of carbonyl (C=O) groups excluding carboxylic acids is 1. The molecule has 4 N–H and O–H groups in total. The minimum atomic E-state index is -0.252. The van der Waals surface area contributed by atoms with Crippen LogP contribution in [0.4, 0.5) is 4.39 Å². The van der Waals surface area contributed by atoms with Crippen LogP contribution in [0.5, 0.6) is 0 Å². The van der Waals surface area contributed by atoms with Crippen molar-refractivity contribution in [2.24, 2.45) is 4.99 Å². The van der Waals surface area contributed by atoms with Crippen LogP contribution in [-0.2, 0) is 6.42 Å². The lowest BCUT2D eigenvalue weighted by atomic mass is 10.1. The van der Waals surface area contributed by atoms with Crippen molar-refractivity contribution in [3.05, 3.63) is 59.9 Å². The third-order valence-corrected chi connectivity index (χ3v) is 4.09. The summed E-state index contributed by atoms with van der Waals surface area (Å²) in [6, 6.07) is 8.02. The predicted octanol–water partition coefficient (Wildman–Crippen LogP) is 2.66. The first kappa shape index (κ1) is 21.7. The number of carbonyl (C=O) groups is 1. The van der Waals surface area contributed by atoms with E-state index >= 15 is 0 Å². The van der Waals surface area contributed by atoms with E-state index in [0.29, 0.717) is 25.6 Å². The summed E-state index contributed by atoms with van der Waals surface area (Å²) in [7, 11) is 1.69. The Morgan fingerprint density at radius 2 is 1.96 bits per heavy atom. The summed E-state index contributed by atoms with van der Waals surface area (Å²) in [6.07, 6.45) is 4.12. The van der Waals surface area contributed by atoms with Crippen molar-refractivity contribution in [3.63, 3.8) is 0 Å². The lowest BCUT2D eigenvalue weighted by Gasteiger charge is -2.12. The summed E-state index contributed by atoms with van der Waals surface area (Å²) in [4.78, 5) is 19.0. The summed E-state index contributed by atoms with van der Waals surface area (Å²) >= 11 is 0.